The fourth-order valence-corrected chi connectivity index (χ4v) is 16.8. The molecular formula is C49H58F3N7O4Si. The van der Waals surface area contributed by atoms with Crippen LogP contribution in [0.15, 0.2) is 36.5 Å². The summed E-state index contributed by atoms with van der Waals surface area (Å²) in [6, 6.07) is 8.15. The number of alkyl halides is 1. The predicted octanol–water partition coefficient (Wildman–Crippen LogP) is 9.88. The fraction of sp³-hybridized carbons (Fsp3) is 0.510. The first kappa shape index (κ1) is 44.0. The van der Waals surface area contributed by atoms with Crippen LogP contribution in [0.1, 0.15) is 96.4 Å². The fourth-order valence-electron chi connectivity index (χ4n) is 11.6. The Balaban J connectivity index is 1.28. The molecule has 338 valence electrons. The van der Waals surface area contributed by atoms with E-state index in [2.05, 4.69) is 67.8 Å². The van der Waals surface area contributed by atoms with E-state index in [9.17, 15) is 4.39 Å². The second kappa shape index (κ2) is 17.3. The van der Waals surface area contributed by atoms with Gasteiger partial charge in [-0.25, -0.2) is 23.1 Å². The molecule has 11 nitrogen and oxygen atoms in total. The molecule has 2 fully saturated rings. The highest BCUT2D eigenvalue weighted by atomic mass is 28.3. The second-order valence-corrected chi connectivity index (χ2v) is 24.5. The molecule has 3 aromatic heterocycles. The van der Waals surface area contributed by atoms with Gasteiger partial charge in [-0.3, -0.25) is 4.90 Å². The van der Waals surface area contributed by atoms with E-state index in [1.807, 2.05) is 6.07 Å². The summed E-state index contributed by atoms with van der Waals surface area (Å²) in [6.45, 7) is 15.0. The van der Waals surface area contributed by atoms with Gasteiger partial charge in [0.05, 0.1) is 23.7 Å². The molecule has 0 amide bonds. The zero-order valence-corrected chi connectivity index (χ0v) is 38.9. The topological polar surface area (TPSA) is 121 Å². The van der Waals surface area contributed by atoms with Gasteiger partial charge in [0.1, 0.15) is 67.3 Å². The number of methoxy groups -OCH3 is 1. The van der Waals surface area contributed by atoms with E-state index in [1.165, 1.54) is 13.2 Å². The highest BCUT2D eigenvalue weighted by Gasteiger charge is 2.50. The average molecular weight is 894 g/mol. The van der Waals surface area contributed by atoms with Crippen LogP contribution >= 0.6 is 0 Å². The summed E-state index contributed by atoms with van der Waals surface area (Å²) >= 11 is 0. The third kappa shape index (κ3) is 7.48. The number of hydrogen-bond acceptors (Lipinski definition) is 11. The van der Waals surface area contributed by atoms with Crippen LogP contribution in [0, 0.1) is 23.1 Å². The van der Waals surface area contributed by atoms with E-state index < -0.39 is 31.4 Å². The third-order valence-corrected chi connectivity index (χ3v) is 20.7. The zero-order chi connectivity index (χ0) is 45.1. The first-order chi connectivity index (χ1) is 30.8. The van der Waals surface area contributed by atoms with Crippen LogP contribution in [0.3, 0.4) is 0 Å². The number of nitrogens with two attached hydrogens (primary N) is 1. The Morgan fingerprint density at radius 1 is 0.984 bits per heavy atom. The quantitative estimate of drug-likeness (QED) is 0.0775. The lowest BCUT2D eigenvalue weighted by Gasteiger charge is -2.38. The summed E-state index contributed by atoms with van der Waals surface area (Å²) < 4.78 is 73.8. The van der Waals surface area contributed by atoms with Gasteiger partial charge >= 0.3 is 6.01 Å². The van der Waals surface area contributed by atoms with Gasteiger partial charge in [0.15, 0.2) is 12.6 Å². The van der Waals surface area contributed by atoms with Crippen molar-refractivity contribution in [1.29, 1.82) is 0 Å². The number of nitrogens with zero attached hydrogens (tertiary/aromatic N) is 6. The first-order valence-electron chi connectivity index (χ1n) is 22.7. The minimum absolute atomic E-state index is 0.0490. The van der Waals surface area contributed by atoms with Crippen LogP contribution in [0.2, 0.25) is 16.6 Å². The standard InChI is InChI=1S/C49H58F3N7O4Si/c1-28(2)64(29(3)4,30(5)6)21-15-35-37(51)13-12-32-22-34(63-27-60-7)23-36(39(32)35)43-42(52)44-41-46(57-48(56-44)62-26-49-16-9-18-58(49)25-33(50)24-49)59(19-20-61-47(41)55-43)38-11-8-10-31-14-17-54-45(53)40(31)38/h12-14,17,22-23,28-30,33,38H,8-11,16,18-20,24-27H2,1-7H3,(H2,53,54)/t33-,38?,49+/m1/s1. The number of benzene rings is 2. The number of rotatable bonds is 11. The largest absolute Gasteiger partial charge is 0.475 e. The van der Waals surface area contributed by atoms with Gasteiger partial charge in [0.2, 0.25) is 5.88 Å². The normalized spacial score (nSPS) is 21.0. The summed E-state index contributed by atoms with van der Waals surface area (Å²) in [5.41, 5.74) is 12.9. The van der Waals surface area contributed by atoms with Crippen LogP contribution in [-0.2, 0) is 11.2 Å². The Hall–Kier alpha value is -5.17. The number of ether oxygens (including phenoxy) is 4. The van der Waals surface area contributed by atoms with Crippen molar-refractivity contribution in [3.05, 3.63) is 64.9 Å². The molecule has 1 aliphatic carbocycles. The molecule has 3 atom stereocenters. The number of pyridine rings is 2. The summed E-state index contributed by atoms with van der Waals surface area (Å²) in [5, 5.41) is 1.24. The highest BCUT2D eigenvalue weighted by molar-refractivity contribution is 6.90. The molecule has 15 heteroatoms. The van der Waals surface area contributed by atoms with E-state index in [4.69, 9.17) is 39.6 Å². The van der Waals surface area contributed by atoms with Gasteiger partial charge in [-0.15, -0.1) is 5.54 Å². The SMILES string of the molecule is COCOc1cc(-c2nc3c4c(nc(OC[C@@]56CCCN5C[C@H](F)C6)nc4c2F)N(C2CCCc4ccnc(N)c42)CCO3)c2c(C#C[Si](C(C)C)(C(C)C)C(C)C)c(F)ccc2c1. The maximum Gasteiger partial charge on any atom is 0.319 e. The maximum atomic E-state index is 18.1. The molecule has 2 saturated heterocycles. The minimum Gasteiger partial charge on any atom is -0.475 e. The van der Waals surface area contributed by atoms with Crippen LogP contribution in [0.25, 0.3) is 32.9 Å². The summed E-state index contributed by atoms with van der Waals surface area (Å²) in [6.07, 6.45) is 5.30. The molecule has 2 N–H and O–H groups in total. The summed E-state index contributed by atoms with van der Waals surface area (Å²) in [4.78, 5) is 23.5. The average Bonchev–Trinajstić information content (AvgIpc) is 3.73. The van der Waals surface area contributed by atoms with Crippen molar-refractivity contribution < 1.29 is 32.1 Å². The summed E-state index contributed by atoms with van der Waals surface area (Å²) in [5.74, 6) is 3.34. The molecule has 3 aliphatic heterocycles. The molecule has 1 unspecified atom stereocenters. The first-order valence-corrected chi connectivity index (χ1v) is 25.0. The van der Waals surface area contributed by atoms with Crippen molar-refractivity contribution in [2.45, 2.75) is 114 Å². The lowest BCUT2D eigenvalue weighted by molar-refractivity contribution is 0.0512. The number of nitrogen functional groups attached to an aromatic ring is 1. The Labute approximate surface area is 374 Å². The van der Waals surface area contributed by atoms with Crippen molar-refractivity contribution in [3.63, 3.8) is 0 Å². The van der Waals surface area contributed by atoms with Crippen LogP contribution in [0.4, 0.5) is 24.8 Å². The smallest absolute Gasteiger partial charge is 0.319 e. The van der Waals surface area contributed by atoms with E-state index in [0.29, 0.717) is 64.3 Å². The Morgan fingerprint density at radius 3 is 2.55 bits per heavy atom. The predicted molar refractivity (Wildman–Crippen MR) is 246 cm³/mol. The Bertz CT molecular complexity index is 2650. The highest BCUT2D eigenvalue weighted by Crippen LogP contribution is 2.48. The monoisotopic (exact) mass is 893 g/mol. The van der Waals surface area contributed by atoms with Crippen LogP contribution in [0.5, 0.6) is 17.6 Å². The molecule has 0 radical (unpaired) electrons. The molecule has 64 heavy (non-hydrogen) atoms. The van der Waals surface area contributed by atoms with Gasteiger partial charge in [-0.1, -0.05) is 53.5 Å². The van der Waals surface area contributed by atoms with Crippen molar-refractivity contribution in [1.82, 2.24) is 24.8 Å². The van der Waals surface area contributed by atoms with E-state index in [0.717, 1.165) is 49.8 Å². The van der Waals surface area contributed by atoms with Gasteiger partial charge in [0.25, 0.3) is 0 Å². The van der Waals surface area contributed by atoms with E-state index in [-0.39, 0.29) is 65.7 Å². The van der Waals surface area contributed by atoms with Gasteiger partial charge < -0.3 is 29.6 Å². The third-order valence-electron chi connectivity index (χ3n) is 14.4. The second-order valence-electron chi connectivity index (χ2n) is 18.9. The van der Waals surface area contributed by atoms with E-state index in [1.54, 1.807) is 24.4 Å². The molecule has 0 spiro atoms. The summed E-state index contributed by atoms with van der Waals surface area (Å²) in [7, 11) is -0.833. The molecule has 0 bridgehead atoms. The molecule has 4 aliphatic rings. The number of anilines is 2. The van der Waals surface area contributed by atoms with Crippen molar-refractivity contribution in [2.24, 2.45) is 0 Å². The number of hydrogen-bond donors (Lipinski definition) is 1. The van der Waals surface area contributed by atoms with Gasteiger partial charge in [0, 0.05) is 42.8 Å². The Kier molecular flexibility index (Phi) is 11.9. The Morgan fingerprint density at radius 2 is 1.78 bits per heavy atom. The molecule has 0 saturated carbocycles. The lowest BCUT2D eigenvalue weighted by atomic mass is 9.87. The van der Waals surface area contributed by atoms with Gasteiger partial charge in [-0.2, -0.15) is 9.97 Å². The van der Waals surface area contributed by atoms with Crippen molar-refractivity contribution in [3.8, 4) is 40.4 Å². The molecule has 2 aromatic carbocycles. The van der Waals surface area contributed by atoms with Gasteiger partial charge in [-0.05, 0) is 90.5 Å². The molecular weight excluding hydrogens is 836 g/mol. The zero-order valence-electron chi connectivity index (χ0n) is 37.9. The molecule has 6 heterocycles. The molecule has 5 aromatic rings. The lowest BCUT2D eigenvalue weighted by Crippen LogP contribution is -2.43. The number of halogens is 3. The van der Waals surface area contributed by atoms with E-state index >= 15 is 8.78 Å². The maximum absolute atomic E-state index is 18.1. The van der Waals surface area contributed by atoms with Crippen LogP contribution in [-0.4, -0.2) is 91.4 Å². The molecule has 9 rings (SSSR count). The van der Waals surface area contributed by atoms with Crippen molar-refractivity contribution >= 4 is 41.4 Å². The number of aryl methyl sites for hydroxylation is 1. The number of fused-ring (bicyclic) bond motifs is 3. The number of aromatic nitrogens is 4. The minimum atomic E-state index is -2.35. The van der Waals surface area contributed by atoms with Crippen LogP contribution < -0.4 is 24.8 Å². The van der Waals surface area contributed by atoms with Crippen molar-refractivity contribution in [2.75, 3.05) is 57.4 Å².